The number of furan rings is 1. The minimum atomic E-state index is -0.139. The number of allylic oxidation sites excluding steroid dienone is 1. The summed E-state index contributed by atoms with van der Waals surface area (Å²) in [6.45, 7) is 0. The van der Waals surface area contributed by atoms with Crippen LogP contribution in [0, 0.1) is 0 Å². The molecule has 0 saturated carbocycles. The molecule has 92 valence electrons. The van der Waals surface area contributed by atoms with Crippen LogP contribution in [0.5, 0.6) is 0 Å². The Kier molecular flexibility index (Phi) is 3.57. The second-order valence-electron chi connectivity index (χ2n) is 4.05. The lowest BCUT2D eigenvalue weighted by atomic mass is 10.0. The first-order valence-electron chi connectivity index (χ1n) is 5.55. The van der Waals surface area contributed by atoms with Crippen molar-refractivity contribution in [3.8, 4) is 0 Å². The van der Waals surface area contributed by atoms with Gasteiger partial charge in [0.2, 0.25) is 5.78 Å². The maximum absolute atomic E-state index is 12.3. The number of hydrogen-bond donors (Lipinski definition) is 0. The summed E-state index contributed by atoms with van der Waals surface area (Å²) in [6.07, 6.45) is 6.59. The summed E-state index contributed by atoms with van der Waals surface area (Å²) in [4.78, 5) is 18.1. The Labute approximate surface area is 106 Å². The Morgan fingerprint density at radius 2 is 2.00 bits per heavy atom. The number of Topliss-reactive ketones (excluding diaryl/α,β-unsaturated/α-hetero) is 1. The number of ketones is 1. The first kappa shape index (κ1) is 12.1. The monoisotopic (exact) mass is 242 g/mol. The second-order valence-corrected chi connectivity index (χ2v) is 4.05. The normalized spacial score (nSPS) is 11.3. The Morgan fingerprint density at radius 1 is 1.28 bits per heavy atom. The average Bonchev–Trinajstić information content (AvgIpc) is 2.90. The number of carbonyl (C=O) groups is 1. The molecular formula is C14H14N2O2. The van der Waals surface area contributed by atoms with Gasteiger partial charge in [0.05, 0.1) is 6.26 Å². The highest BCUT2D eigenvalue weighted by molar-refractivity contribution is 6.27. The van der Waals surface area contributed by atoms with E-state index < -0.39 is 0 Å². The molecule has 0 spiro atoms. The molecule has 0 unspecified atom stereocenters. The summed E-state index contributed by atoms with van der Waals surface area (Å²) in [7, 11) is 3.74. The average molecular weight is 242 g/mol. The van der Waals surface area contributed by atoms with Crippen LogP contribution in [0.3, 0.4) is 0 Å². The summed E-state index contributed by atoms with van der Waals surface area (Å²) in [5.41, 5.74) is 1.40. The Balaban J connectivity index is 2.42. The lowest BCUT2D eigenvalue weighted by molar-refractivity contribution is 0.103. The number of aromatic nitrogens is 1. The standard InChI is InChI=1S/C14H14N2O2/c1-16(2)10-12(11-5-7-15-8-6-11)14(17)13-4-3-9-18-13/h3-10H,1-2H3. The predicted molar refractivity (Wildman–Crippen MR) is 68.9 cm³/mol. The molecule has 2 heterocycles. The quantitative estimate of drug-likeness (QED) is 0.610. The molecule has 4 nitrogen and oxygen atoms in total. The van der Waals surface area contributed by atoms with E-state index in [9.17, 15) is 4.79 Å². The van der Waals surface area contributed by atoms with Gasteiger partial charge < -0.3 is 9.32 Å². The Hall–Kier alpha value is -2.36. The summed E-state index contributed by atoms with van der Waals surface area (Å²) in [5, 5.41) is 0. The fourth-order valence-corrected chi connectivity index (χ4v) is 1.59. The van der Waals surface area contributed by atoms with E-state index in [-0.39, 0.29) is 5.78 Å². The largest absolute Gasteiger partial charge is 0.461 e. The van der Waals surface area contributed by atoms with Gasteiger partial charge in [-0.15, -0.1) is 0 Å². The molecule has 0 aliphatic heterocycles. The molecule has 0 atom stereocenters. The van der Waals surface area contributed by atoms with Gasteiger partial charge in [0, 0.05) is 38.3 Å². The van der Waals surface area contributed by atoms with Crippen LogP contribution < -0.4 is 0 Å². The molecule has 0 radical (unpaired) electrons. The van der Waals surface area contributed by atoms with Gasteiger partial charge in [-0.3, -0.25) is 9.78 Å². The molecule has 0 fully saturated rings. The number of pyridine rings is 1. The van der Waals surface area contributed by atoms with Gasteiger partial charge in [0.1, 0.15) is 0 Å². The van der Waals surface area contributed by atoms with Gasteiger partial charge in [-0.1, -0.05) is 0 Å². The van der Waals surface area contributed by atoms with Gasteiger partial charge in [-0.2, -0.15) is 0 Å². The van der Waals surface area contributed by atoms with E-state index >= 15 is 0 Å². The zero-order valence-corrected chi connectivity index (χ0v) is 10.3. The third-order valence-electron chi connectivity index (χ3n) is 2.37. The van der Waals surface area contributed by atoms with E-state index in [4.69, 9.17) is 4.42 Å². The fraction of sp³-hybridized carbons (Fsp3) is 0.143. The van der Waals surface area contributed by atoms with E-state index in [1.54, 1.807) is 42.9 Å². The van der Waals surface area contributed by atoms with E-state index in [1.807, 2.05) is 19.0 Å². The van der Waals surface area contributed by atoms with Crippen molar-refractivity contribution < 1.29 is 9.21 Å². The summed E-state index contributed by atoms with van der Waals surface area (Å²) in [5.74, 6) is 0.194. The maximum atomic E-state index is 12.3. The summed E-state index contributed by atoms with van der Waals surface area (Å²) < 4.78 is 5.15. The van der Waals surface area contributed by atoms with Crippen molar-refractivity contribution in [3.63, 3.8) is 0 Å². The van der Waals surface area contributed by atoms with Crippen molar-refractivity contribution in [2.75, 3.05) is 14.1 Å². The Morgan fingerprint density at radius 3 is 2.56 bits per heavy atom. The van der Waals surface area contributed by atoms with E-state index in [1.165, 1.54) is 6.26 Å². The van der Waals surface area contributed by atoms with Crippen molar-refractivity contribution >= 4 is 11.4 Å². The topological polar surface area (TPSA) is 46.3 Å². The smallest absolute Gasteiger partial charge is 0.230 e. The summed E-state index contributed by atoms with van der Waals surface area (Å²) >= 11 is 0. The lowest BCUT2D eigenvalue weighted by Crippen LogP contribution is -2.08. The number of hydrogen-bond acceptors (Lipinski definition) is 4. The predicted octanol–water partition coefficient (Wildman–Crippen LogP) is 2.46. The van der Waals surface area contributed by atoms with E-state index in [2.05, 4.69) is 4.98 Å². The van der Waals surface area contributed by atoms with Crippen LogP contribution in [0.25, 0.3) is 5.57 Å². The SMILES string of the molecule is CN(C)C=C(C(=O)c1ccco1)c1ccncc1. The molecule has 2 aromatic heterocycles. The molecule has 4 heteroatoms. The number of rotatable bonds is 4. The van der Waals surface area contributed by atoms with Crippen LogP contribution in [-0.2, 0) is 0 Å². The van der Waals surface area contributed by atoms with Gasteiger partial charge in [0.15, 0.2) is 5.76 Å². The molecule has 0 bridgehead atoms. The van der Waals surface area contributed by atoms with Crippen LogP contribution in [0.4, 0.5) is 0 Å². The van der Waals surface area contributed by atoms with Crippen molar-refractivity contribution in [1.29, 1.82) is 0 Å². The molecule has 0 amide bonds. The fourth-order valence-electron chi connectivity index (χ4n) is 1.59. The minimum Gasteiger partial charge on any atom is -0.461 e. The molecule has 0 N–H and O–H groups in total. The third-order valence-corrected chi connectivity index (χ3v) is 2.37. The highest BCUT2D eigenvalue weighted by atomic mass is 16.3. The number of nitrogens with zero attached hydrogens (tertiary/aromatic N) is 2. The van der Waals surface area contributed by atoms with E-state index in [0.717, 1.165) is 5.56 Å². The highest BCUT2D eigenvalue weighted by Gasteiger charge is 2.17. The number of carbonyl (C=O) groups excluding carboxylic acids is 1. The molecule has 2 rings (SSSR count). The minimum absolute atomic E-state index is 0.139. The highest BCUT2D eigenvalue weighted by Crippen LogP contribution is 2.19. The lowest BCUT2D eigenvalue weighted by Gasteiger charge is -2.10. The van der Waals surface area contributed by atoms with Crippen molar-refractivity contribution in [2.24, 2.45) is 0 Å². The summed E-state index contributed by atoms with van der Waals surface area (Å²) in [6, 6.07) is 6.96. The first-order chi connectivity index (χ1) is 8.68. The molecule has 0 aliphatic rings. The van der Waals surface area contributed by atoms with Crippen molar-refractivity contribution in [2.45, 2.75) is 0 Å². The third kappa shape index (κ3) is 2.66. The van der Waals surface area contributed by atoms with Gasteiger partial charge >= 0.3 is 0 Å². The van der Waals surface area contributed by atoms with Crippen LogP contribution >= 0.6 is 0 Å². The van der Waals surface area contributed by atoms with E-state index in [0.29, 0.717) is 11.3 Å². The first-order valence-corrected chi connectivity index (χ1v) is 5.55. The molecule has 0 saturated heterocycles. The zero-order chi connectivity index (χ0) is 13.0. The van der Waals surface area contributed by atoms with Crippen molar-refractivity contribution in [3.05, 3.63) is 60.4 Å². The van der Waals surface area contributed by atoms with Crippen molar-refractivity contribution in [1.82, 2.24) is 9.88 Å². The van der Waals surface area contributed by atoms with Gasteiger partial charge in [0.25, 0.3) is 0 Å². The van der Waals surface area contributed by atoms with Crippen LogP contribution in [-0.4, -0.2) is 29.8 Å². The maximum Gasteiger partial charge on any atom is 0.230 e. The zero-order valence-electron chi connectivity index (χ0n) is 10.3. The van der Waals surface area contributed by atoms with Gasteiger partial charge in [-0.05, 0) is 29.8 Å². The van der Waals surface area contributed by atoms with Crippen LogP contribution in [0.1, 0.15) is 16.1 Å². The van der Waals surface area contributed by atoms with Crippen LogP contribution in [0.15, 0.2) is 53.5 Å². The molecular weight excluding hydrogens is 228 g/mol. The molecule has 18 heavy (non-hydrogen) atoms. The molecule has 0 aromatic carbocycles. The molecule has 0 aliphatic carbocycles. The van der Waals surface area contributed by atoms with Crippen LogP contribution in [0.2, 0.25) is 0 Å². The molecule has 2 aromatic rings. The second kappa shape index (κ2) is 5.31. The Bertz CT molecular complexity index is 542. The van der Waals surface area contributed by atoms with Gasteiger partial charge in [-0.25, -0.2) is 0 Å².